The number of thiophene rings is 1. The molecule has 5 rings (SSSR count). The molecule has 0 atom stereocenters. The van der Waals surface area contributed by atoms with Crippen molar-refractivity contribution in [3.63, 3.8) is 0 Å². The zero-order chi connectivity index (χ0) is 22.8. The number of aryl methyl sites for hydroxylation is 1. The van der Waals surface area contributed by atoms with Gasteiger partial charge in [0, 0.05) is 5.56 Å². The summed E-state index contributed by atoms with van der Waals surface area (Å²) in [6.45, 7) is 1.91. The standard InChI is InChI=1S/C25H18BNO4S2/c1-19-12-16-22(17-13-19)33(28,29)27(26-30-24-10-4-5-11-25(24)31-26)23-9-3-2-7-20(23)14-15-21-8-6-18-32-21/h2-13,16-18H,1H3. The number of sulfonamides is 1. The van der Waals surface area contributed by atoms with E-state index >= 15 is 0 Å². The Labute approximate surface area is 197 Å². The van der Waals surface area contributed by atoms with Gasteiger partial charge in [-0.3, -0.25) is 0 Å². The maximum Gasteiger partial charge on any atom is 0.753 e. The van der Waals surface area contributed by atoms with Gasteiger partial charge in [0.15, 0.2) is 0 Å². The highest BCUT2D eigenvalue weighted by Gasteiger charge is 2.47. The summed E-state index contributed by atoms with van der Waals surface area (Å²) in [5, 5.41) is 1.95. The molecule has 0 spiro atoms. The molecular weight excluding hydrogens is 453 g/mol. The quantitative estimate of drug-likeness (QED) is 0.307. The third kappa shape index (κ3) is 4.21. The van der Waals surface area contributed by atoms with Crippen LogP contribution in [0.25, 0.3) is 0 Å². The number of anilines is 1. The van der Waals surface area contributed by atoms with Crippen molar-refractivity contribution in [3.05, 3.63) is 106 Å². The van der Waals surface area contributed by atoms with Crippen LogP contribution in [-0.2, 0) is 10.0 Å². The topological polar surface area (TPSA) is 55.8 Å². The molecule has 0 saturated carbocycles. The number of fused-ring (bicyclic) bond motifs is 1. The van der Waals surface area contributed by atoms with Crippen LogP contribution in [0, 0.1) is 18.8 Å². The van der Waals surface area contributed by atoms with Crippen molar-refractivity contribution in [1.29, 1.82) is 0 Å². The van der Waals surface area contributed by atoms with Gasteiger partial charge in [-0.2, -0.15) is 0 Å². The van der Waals surface area contributed by atoms with Gasteiger partial charge in [0.05, 0.1) is 15.5 Å². The van der Waals surface area contributed by atoms with Crippen molar-refractivity contribution in [3.8, 4) is 23.3 Å². The first-order valence-electron chi connectivity index (χ1n) is 10.2. The number of hydrogen-bond acceptors (Lipinski definition) is 5. The average Bonchev–Trinajstić information content (AvgIpc) is 3.48. The number of benzene rings is 3. The van der Waals surface area contributed by atoms with E-state index in [0.717, 1.165) is 14.7 Å². The van der Waals surface area contributed by atoms with Crippen LogP contribution < -0.4 is 13.5 Å². The van der Waals surface area contributed by atoms with Crippen LogP contribution in [0.15, 0.2) is 95.2 Å². The van der Waals surface area contributed by atoms with Gasteiger partial charge in [-0.25, -0.2) is 12.6 Å². The van der Waals surface area contributed by atoms with Gasteiger partial charge in [-0.15, -0.1) is 11.3 Å². The molecule has 33 heavy (non-hydrogen) atoms. The van der Waals surface area contributed by atoms with Gasteiger partial charge in [0.2, 0.25) is 0 Å². The third-order valence-corrected chi connectivity index (χ3v) is 7.60. The molecule has 0 saturated heterocycles. The predicted octanol–water partition coefficient (Wildman–Crippen LogP) is 5.11. The summed E-state index contributed by atoms with van der Waals surface area (Å²) in [7, 11) is -5.26. The fourth-order valence-electron chi connectivity index (χ4n) is 3.41. The fraction of sp³-hybridized carbons (Fsp3) is 0.0400. The number of para-hydroxylation sites is 3. The first kappa shape index (κ1) is 21.2. The summed E-state index contributed by atoms with van der Waals surface area (Å²) >= 11 is 1.52. The minimum absolute atomic E-state index is 0.136. The van der Waals surface area contributed by atoms with E-state index < -0.39 is 17.3 Å². The summed E-state index contributed by atoms with van der Waals surface area (Å²) < 4.78 is 40.8. The number of nitrogens with zero attached hydrogens (tertiary/aromatic N) is 1. The van der Waals surface area contributed by atoms with E-state index in [9.17, 15) is 8.42 Å². The van der Waals surface area contributed by atoms with E-state index in [-0.39, 0.29) is 4.90 Å². The average molecular weight is 471 g/mol. The molecule has 4 aromatic rings. The van der Waals surface area contributed by atoms with E-state index in [1.807, 2.05) is 42.6 Å². The van der Waals surface area contributed by atoms with Crippen LogP contribution in [0.5, 0.6) is 11.5 Å². The predicted molar refractivity (Wildman–Crippen MR) is 131 cm³/mol. The minimum atomic E-state index is -4.05. The van der Waals surface area contributed by atoms with Crippen LogP contribution >= 0.6 is 11.3 Å². The molecule has 8 heteroatoms. The lowest BCUT2D eigenvalue weighted by molar-refractivity contribution is 0.498. The Balaban J connectivity index is 1.64. The Kier molecular flexibility index (Phi) is 5.59. The highest BCUT2D eigenvalue weighted by atomic mass is 32.2. The maximum absolute atomic E-state index is 13.9. The molecule has 0 fully saturated rings. The van der Waals surface area contributed by atoms with Crippen LogP contribution in [-0.4, -0.2) is 15.7 Å². The second-order valence-corrected chi connectivity index (χ2v) is 10.1. The van der Waals surface area contributed by atoms with E-state index in [1.54, 1.807) is 54.6 Å². The van der Waals surface area contributed by atoms with Gasteiger partial charge in [0.25, 0.3) is 10.0 Å². The molecular formula is C25H18BNO4S2. The molecule has 3 aromatic carbocycles. The largest absolute Gasteiger partial charge is 0.753 e. The molecule has 0 amide bonds. The Morgan fingerprint density at radius 3 is 2.15 bits per heavy atom. The first-order chi connectivity index (χ1) is 16.0. The van der Waals surface area contributed by atoms with Gasteiger partial charge in [-0.1, -0.05) is 59.9 Å². The Morgan fingerprint density at radius 1 is 0.818 bits per heavy atom. The van der Waals surface area contributed by atoms with Crippen LogP contribution in [0.4, 0.5) is 5.69 Å². The molecule has 2 heterocycles. The summed E-state index contributed by atoms with van der Waals surface area (Å²) in [6, 6.07) is 24.7. The van der Waals surface area contributed by atoms with Crippen molar-refractivity contribution in [2.45, 2.75) is 11.8 Å². The van der Waals surface area contributed by atoms with Crippen molar-refractivity contribution < 1.29 is 17.7 Å². The van der Waals surface area contributed by atoms with E-state index in [2.05, 4.69) is 11.8 Å². The normalized spacial score (nSPS) is 12.2. The first-order valence-corrected chi connectivity index (χ1v) is 12.5. The molecule has 162 valence electrons. The summed E-state index contributed by atoms with van der Waals surface area (Å²) in [5.74, 6) is 7.19. The van der Waals surface area contributed by atoms with Crippen molar-refractivity contribution in [2.24, 2.45) is 0 Å². The molecule has 1 aliphatic heterocycles. The minimum Gasteiger partial charge on any atom is -0.503 e. The lowest BCUT2D eigenvalue weighted by Crippen LogP contribution is -2.50. The second kappa shape index (κ2) is 8.70. The molecule has 0 N–H and O–H groups in total. The zero-order valence-electron chi connectivity index (χ0n) is 17.6. The van der Waals surface area contributed by atoms with E-state index in [4.69, 9.17) is 9.31 Å². The smallest absolute Gasteiger partial charge is 0.503 e. The number of rotatable bonds is 4. The van der Waals surface area contributed by atoms with Crippen LogP contribution in [0.1, 0.15) is 16.0 Å². The molecule has 0 bridgehead atoms. The Hall–Kier alpha value is -3.67. The summed E-state index contributed by atoms with van der Waals surface area (Å²) in [4.78, 5) is 1.02. The number of hydrogen-bond donors (Lipinski definition) is 0. The third-order valence-electron chi connectivity index (χ3n) is 5.06. The molecule has 0 aliphatic carbocycles. The van der Waals surface area contributed by atoms with Gasteiger partial charge >= 0.3 is 7.25 Å². The highest BCUT2D eigenvalue weighted by Crippen LogP contribution is 2.37. The SMILES string of the molecule is Cc1ccc(S(=O)(=O)N(B2Oc3ccccc3O2)c2ccccc2C#Cc2cccs2)cc1. The maximum atomic E-state index is 13.9. The highest BCUT2D eigenvalue weighted by molar-refractivity contribution is 7.94. The lowest BCUT2D eigenvalue weighted by atomic mass is 10.1. The van der Waals surface area contributed by atoms with Crippen molar-refractivity contribution in [1.82, 2.24) is 0 Å². The molecule has 0 unspecified atom stereocenters. The molecule has 5 nitrogen and oxygen atoms in total. The summed E-state index contributed by atoms with van der Waals surface area (Å²) in [5.41, 5.74) is 1.88. The van der Waals surface area contributed by atoms with Gasteiger partial charge < -0.3 is 9.31 Å². The van der Waals surface area contributed by atoms with Gasteiger partial charge in [0.1, 0.15) is 11.5 Å². The Morgan fingerprint density at radius 2 is 1.48 bits per heavy atom. The summed E-state index contributed by atoms with van der Waals surface area (Å²) in [6.07, 6.45) is 0. The van der Waals surface area contributed by atoms with Gasteiger partial charge in [-0.05, 0) is 54.8 Å². The molecule has 1 aromatic heterocycles. The Bertz CT molecular complexity index is 1430. The molecule has 1 aliphatic rings. The second-order valence-electron chi connectivity index (χ2n) is 7.35. The van der Waals surface area contributed by atoms with E-state index in [0.29, 0.717) is 22.7 Å². The van der Waals surface area contributed by atoms with Crippen molar-refractivity contribution >= 4 is 34.3 Å². The fourth-order valence-corrected chi connectivity index (χ4v) is 5.42. The lowest BCUT2D eigenvalue weighted by Gasteiger charge is -2.25. The van der Waals surface area contributed by atoms with Crippen LogP contribution in [0.2, 0.25) is 0 Å². The van der Waals surface area contributed by atoms with E-state index in [1.165, 1.54) is 11.3 Å². The molecule has 0 radical (unpaired) electrons. The monoisotopic (exact) mass is 471 g/mol. The zero-order valence-corrected chi connectivity index (χ0v) is 19.3. The van der Waals surface area contributed by atoms with Crippen LogP contribution in [0.3, 0.4) is 0 Å². The van der Waals surface area contributed by atoms with Crippen molar-refractivity contribution in [2.75, 3.05) is 4.22 Å².